The van der Waals surface area contributed by atoms with Crippen LogP contribution in [-0.4, -0.2) is 27.8 Å². The van der Waals surface area contributed by atoms with Crippen LogP contribution in [0.5, 0.6) is 0 Å². The minimum Gasteiger partial charge on any atom is -0.308 e. The van der Waals surface area contributed by atoms with E-state index < -0.39 is 0 Å². The van der Waals surface area contributed by atoms with Crippen LogP contribution in [0.25, 0.3) is 0 Å². The van der Waals surface area contributed by atoms with Crippen LogP contribution in [0.3, 0.4) is 0 Å². The van der Waals surface area contributed by atoms with E-state index in [0.29, 0.717) is 12.1 Å². The highest BCUT2D eigenvalue weighted by Gasteiger charge is 2.15. The average molecular weight is 267 g/mol. The number of nitrogens with one attached hydrogen (secondary N) is 1. The normalized spacial score (nSPS) is 19.0. The van der Waals surface area contributed by atoms with E-state index in [1.54, 1.807) is 0 Å². The lowest BCUT2D eigenvalue weighted by molar-refractivity contribution is 0.327. The molecule has 3 nitrogen and oxygen atoms in total. The van der Waals surface area contributed by atoms with E-state index >= 15 is 0 Å². The van der Waals surface area contributed by atoms with Gasteiger partial charge in [0, 0.05) is 24.5 Å². The highest BCUT2D eigenvalue weighted by Crippen LogP contribution is 2.27. The van der Waals surface area contributed by atoms with E-state index in [0.717, 1.165) is 12.3 Å². The molecule has 1 unspecified atom stereocenters. The quantitative estimate of drug-likeness (QED) is 0.858. The summed E-state index contributed by atoms with van der Waals surface area (Å²) in [5, 5.41) is 8.23. The molecule has 0 aliphatic heterocycles. The molecule has 2 rings (SSSR count). The summed E-state index contributed by atoms with van der Waals surface area (Å²) in [5.74, 6) is 1.16. The Labute approximate surface area is 115 Å². The SMILES string of the molecule is CSCC(C)NCc1ccn(C2CCCCC2)n1. The lowest BCUT2D eigenvalue weighted by atomic mass is 9.96. The molecule has 1 aromatic heterocycles. The molecule has 0 bridgehead atoms. The van der Waals surface area contributed by atoms with Crippen LogP contribution in [0.2, 0.25) is 0 Å². The predicted octanol–water partition coefficient (Wildman–Crippen LogP) is 3.23. The molecule has 1 aliphatic rings. The zero-order valence-electron chi connectivity index (χ0n) is 11.6. The molecule has 1 heterocycles. The average Bonchev–Trinajstić information content (AvgIpc) is 2.87. The fourth-order valence-electron chi connectivity index (χ4n) is 2.61. The van der Waals surface area contributed by atoms with Gasteiger partial charge in [0.15, 0.2) is 0 Å². The fraction of sp³-hybridized carbons (Fsp3) is 0.786. The summed E-state index contributed by atoms with van der Waals surface area (Å²) in [5.41, 5.74) is 1.17. The highest BCUT2D eigenvalue weighted by atomic mass is 32.2. The van der Waals surface area contributed by atoms with Crippen molar-refractivity contribution in [2.45, 2.75) is 57.7 Å². The second-order valence-electron chi connectivity index (χ2n) is 5.32. The van der Waals surface area contributed by atoms with Crippen molar-refractivity contribution in [2.75, 3.05) is 12.0 Å². The van der Waals surface area contributed by atoms with Gasteiger partial charge in [-0.05, 0) is 32.1 Å². The molecule has 0 aromatic carbocycles. The van der Waals surface area contributed by atoms with E-state index in [1.165, 1.54) is 37.8 Å². The summed E-state index contributed by atoms with van der Waals surface area (Å²) < 4.78 is 2.19. The van der Waals surface area contributed by atoms with Crippen LogP contribution in [0.1, 0.15) is 50.8 Å². The number of rotatable bonds is 6. The van der Waals surface area contributed by atoms with E-state index in [4.69, 9.17) is 5.10 Å². The molecule has 0 saturated heterocycles. The molecule has 4 heteroatoms. The lowest BCUT2D eigenvalue weighted by Crippen LogP contribution is -2.27. The van der Waals surface area contributed by atoms with Crippen LogP contribution in [-0.2, 0) is 6.54 Å². The molecular formula is C14H25N3S. The third-order valence-corrected chi connectivity index (χ3v) is 4.49. The van der Waals surface area contributed by atoms with Crippen molar-refractivity contribution in [3.8, 4) is 0 Å². The van der Waals surface area contributed by atoms with Gasteiger partial charge in [-0.3, -0.25) is 4.68 Å². The predicted molar refractivity (Wildman–Crippen MR) is 79.0 cm³/mol. The van der Waals surface area contributed by atoms with E-state index in [9.17, 15) is 0 Å². The molecule has 1 aromatic rings. The van der Waals surface area contributed by atoms with Crippen LogP contribution in [0.4, 0.5) is 0 Å². The topological polar surface area (TPSA) is 29.9 Å². The number of aromatic nitrogens is 2. The van der Waals surface area contributed by atoms with Crippen LogP contribution < -0.4 is 5.32 Å². The molecule has 1 saturated carbocycles. The maximum atomic E-state index is 4.71. The molecule has 1 atom stereocenters. The van der Waals surface area contributed by atoms with Crippen molar-refractivity contribution < 1.29 is 0 Å². The molecular weight excluding hydrogens is 242 g/mol. The first-order chi connectivity index (χ1) is 8.79. The Balaban J connectivity index is 1.82. The van der Waals surface area contributed by atoms with Crippen molar-refractivity contribution >= 4 is 11.8 Å². The molecule has 0 radical (unpaired) electrons. The fourth-order valence-corrected chi connectivity index (χ4v) is 3.23. The minimum absolute atomic E-state index is 0.555. The number of hydrogen-bond donors (Lipinski definition) is 1. The van der Waals surface area contributed by atoms with E-state index in [-0.39, 0.29) is 0 Å². The van der Waals surface area contributed by atoms with Gasteiger partial charge < -0.3 is 5.32 Å². The molecule has 1 N–H and O–H groups in total. The maximum Gasteiger partial charge on any atom is 0.0762 e. The summed E-state index contributed by atoms with van der Waals surface area (Å²) in [6, 6.07) is 3.36. The Morgan fingerprint density at radius 1 is 1.44 bits per heavy atom. The Morgan fingerprint density at radius 3 is 2.94 bits per heavy atom. The molecule has 1 fully saturated rings. The summed E-state index contributed by atoms with van der Waals surface area (Å²) in [6.07, 6.45) is 11.0. The van der Waals surface area contributed by atoms with Crippen LogP contribution in [0, 0.1) is 0 Å². The van der Waals surface area contributed by atoms with E-state index in [2.05, 4.69) is 35.4 Å². The van der Waals surface area contributed by atoms with Crippen molar-refractivity contribution in [2.24, 2.45) is 0 Å². The molecule has 0 spiro atoms. The van der Waals surface area contributed by atoms with Crippen LogP contribution >= 0.6 is 11.8 Å². The van der Waals surface area contributed by atoms with Crippen molar-refractivity contribution in [1.82, 2.24) is 15.1 Å². The van der Waals surface area contributed by atoms with Gasteiger partial charge in [0.05, 0.1) is 11.7 Å². The van der Waals surface area contributed by atoms with Crippen molar-refractivity contribution in [3.05, 3.63) is 18.0 Å². The van der Waals surface area contributed by atoms with Gasteiger partial charge in [-0.1, -0.05) is 19.3 Å². The zero-order valence-corrected chi connectivity index (χ0v) is 12.4. The van der Waals surface area contributed by atoms with Gasteiger partial charge in [-0.15, -0.1) is 0 Å². The standard InChI is InChI=1S/C14H25N3S/c1-12(11-18-2)15-10-13-8-9-17(16-13)14-6-4-3-5-7-14/h8-9,12,14-15H,3-7,10-11H2,1-2H3. The summed E-state index contributed by atoms with van der Waals surface area (Å²) >= 11 is 1.88. The van der Waals surface area contributed by atoms with Gasteiger partial charge in [0.1, 0.15) is 0 Å². The Bertz CT molecular complexity index is 345. The third kappa shape index (κ3) is 4.02. The molecule has 1 aliphatic carbocycles. The van der Waals surface area contributed by atoms with Gasteiger partial charge in [0.25, 0.3) is 0 Å². The van der Waals surface area contributed by atoms with Gasteiger partial charge in [-0.25, -0.2) is 0 Å². The third-order valence-electron chi connectivity index (χ3n) is 3.66. The first-order valence-electron chi connectivity index (χ1n) is 7.06. The van der Waals surface area contributed by atoms with Crippen molar-refractivity contribution in [3.63, 3.8) is 0 Å². The first-order valence-corrected chi connectivity index (χ1v) is 8.45. The minimum atomic E-state index is 0.555. The smallest absolute Gasteiger partial charge is 0.0762 e. The Kier molecular flexibility index (Phi) is 5.57. The van der Waals surface area contributed by atoms with Gasteiger partial charge in [-0.2, -0.15) is 16.9 Å². The number of thioether (sulfide) groups is 1. The molecule has 0 amide bonds. The summed E-state index contributed by atoms with van der Waals surface area (Å²) in [4.78, 5) is 0. The van der Waals surface area contributed by atoms with Crippen LogP contribution in [0.15, 0.2) is 12.3 Å². The van der Waals surface area contributed by atoms with Crippen molar-refractivity contribution in [1.29, 1.82) is 0 Å². The second kappa shape index (κ2) is 7.19. The molecule has 102 valence electrons. The second-order valence-corrected chi connectivity index (χ2v) is 6.23. The Morgan fingerprint density at radius 2 is 2.22 bits per heavy atom. The maximum absolute atomic E-state index is 4.71. The zero-order chi connectivity index (χ0) is 12.8. The summed E-state index contributed by atoms with van der Waals surface area (Å²) in [7, 11) is 0. The van der Waals surface area contributed by atoms with Gasteiger partial charge in [0.2, 0.25) is 0 Å². The Hall–Kier alpha value is -0.480. The summed E-state index contributed by atoms with van der Waals surface area (Å²) in [6.45, 7) is 3.12. The number of hydrogen-bond acceptors (Lipinski definition) is 3. The highest BCUT2D eigenvalue weighted by molar-refractivity contribution is 7.98. The van der Waals surface area contributed by atoms with E-state index in [1.807, 2.05) is 11.8 Å². The lowest BCUT2D eigenvalue weighted by Gasteiger charge is -2.21. The largest absolute Gasteiger partial charge is 0.308 e. The van der Waals surface area contributed by atoms with Gasteiger partial charge >= 0.3 is 0 Å². The first kappa shape index (κ1) is 13.9. The molecule has 18 heavy (non-hydrogen) atoms. The monoisotopic (exact) mass is 267 g/mol. The number of nitrogens with zero attached hydrogens (tertiary/aromatic N) is 2.